The van der Waals surface area contributed by atoms with E-state index in [1.165, 1.54) is 6.07 Å². The summed E-state index contributed by atoms with van der Waals surface area (Å²) in [5.41, 5.74) is 7.25. The zero-order valence-electron chi connectivity index (χ0n) is 11.2. The maximum absolute atomic E-state index is 13.5. The fraction of sp³-hybridized carbons (Fsp3) is 0.188. The van der Waals surface area contributed by atoms with Crippen LogP contribution in [0.5, 0.6) is 0 Å². The predicted molar refractivity (Wildman–Crippen MR) is 84.5 cm³/mol. The Labute approximate surface area is 130 Å². The molecule has 3 nitrogen and oxygen atoms in total. The summed E-state index contributed by atoms with van der Waals surface area (Å²) in [5, 5.41) is 2.79. The van der Waals surface area contributed by atoms with Crippen LogP contribution >= 0.6 is 15.9 Å². The Kier molecular flexibility index (Phi) is 3.45. The molecule has 5 heteroatoms. The van der Waals surface area contributed by atoms with Crippen LogP contribution < -0.4 is 11.1 Å². The highest BCUT2D eigenvalue weighted by Gasteiger charge is 2.51. The van der Waals surface area contributed by atoms with Gasteiger partial charge in [0.2, 0.25) is 5.91 Å². The number of rotatable bonds is 3. The molecule has 0 aromatic heterocycles. The van der Waals surface area contributed by atoms with Crippen LogP contribution in [0, 0.1) is 5.82 Å². The molecule has 3 rings (SSSR count). The van der Waals surface area contributed by atoms with Gasteiger partial charge >= 0.3 is 0 Å². The Morgan fingerprint density at radius 1 is 1.19 bits per heavy atom. The zero-order valence-corrected chi connectivity index (χ0v) is 12.8. The quantitative estimate of drug-likeness (QED) is 0.828. The van der Waals surface area contributed by atoms with Gasteiger partial charge in [0.05, 0.1) is 9.89 Å². The Hall–Kier alpha value is -1.88. The molecule has 0 saturated heterocycles. The lowest BCUT2D eigenvalue weighted by molar-refractivity contribution is -0.118. The van der Waals surface area contributed by atoms with Crippen molar-refractivity contribution in [1.29, 1.82) is 0 Å². The van der Waals surface area contributed by atoms with E-state index in [0.717, 1.165) is 18.4 Å². The number of nitrogens with two attached hydrogens (primary N) is 1. The van der Waals surface area contributed by atoms with Crippen LogP contribution in [-0.2, 0) is 10.2 Å². The third-order valence-electron chi connectivity index (χ3n) is 3.83. The van der Waals surface area contributed by atoms with Crippen molar-refractivity contribution in [3.05, 3.63) is 58.3 Å². The summed E-state index contributed by atoms with van der Waals surface area (Å²) < 4.78 is 13.9. The Morgan fingerprint density at radius 3 is 2.43 bits per heavy atom. The molecule has 21 heavy (non-hydrogen) atoms. The second kappa shape index (κ2) is 5.15. The van der Waals surface area contributed by atoms with E-state index in [9.17, 15) is 9.18 Å². The number of nitrogens with one attached hydrogen (secondary N) is 1. The van der Waals surface area contributed by atoms with Crippen molar-refractivity contribution in [2.75, 3.05) is 11.1 Å². The third kappa shape index (κ3) is 2.65. The van der Waals surface area contributed by atoms with E-state index < -0.39 is 11.2 Å². The molecule has 0 radical (unpaired) electrons. The summed E-state index contributed by atoms with van der Waals surface area (Å²) in [6, 6.07) is 11.9. The highest BCUT2D eigenvalue weighted by Crippen LogP contribution is 2.49. The van der Waals surface area contributed by atoms with E-state index >= 15 is 0 Å². The Bertz CT molecular complexity index is 696. The molecule has 1 aliphatic carbocycles. The molecular weight excluding hydrogens is 335 g/mol. The number of nitrogen functional groups attached to an aromatic ring is 1. The second-order valence-electron chi connectivity index (χ2n) is 5.29. The van der Waals surface area contributed by atoms with Crippen molar-refractivity contribution >= 4 is 33.2 Å². The number of benzene rings is 2. The highest BCUT2D eigenvalue weighted by atomic mass is 79.9. The molecule has 0 atom stereocenters. The van der Waals surface area contributed by atoms with Gasteiger partial charge in [-0.2, -0.15) is 0 Å². The van der Waals surface area contributed by atoms with Crippen LogP contribution in [0.3, 0.4) is 0 Å². The number of carbonyl (C=O) groups is 1. The van der Waals surface area contributed by atoms with Gasteiger partial charge < -0.3 is 11.1 Å². The zero-order chi connectivity index (χ0) is 15.0. The lowest BCUT2D eigenvalue weighted by Crippen LogP contribution is -2.27. The Morgan fingerprint density at radius 2 is 1.86 bits per heavy atom. The van der Waals surface area contributed by atoms with Gasteiger partial charge in [0.15, 0.2) is 0 Å². The van der Waals surface area contributed by atoms with E-state index in [0.29, 0.717) is 15.8 Å². The van der Waals surface area contributed by atoms with Gasteiger partial charge in [-0.3, -0.25) is 4.79 Å². The minimum atomic E-state index is -0.503. The van der Waals surface area contributed by atoms with E-state index in [2.05, 4.69) is 21.2 Å². The van der Waals surface area contributed by atoms with Gasteiger partial charge in [0, 0.05) is 11.4 Å². The molecule has 0 bridgehead atoms. The lowest BCUT2D eigenvalue weighted by Gasteiger charge is -2.16. The number of amides is 1. The first-order chi connectivity index (χ1) is 10.0. The molecule has 108 valence electrons. The van der Waals surface area contributed by atoms with Gasteiger partial charge in [-0.05, 0) is 64.7 Å². The fourth-order valence-electron chi connectivity index (χ4n) is 2.40. The van der Waals surface area contributed by atoms with Crippen molar-refractivity contribution in [1.82, 2.24) is 0 Å². The predicted octanol–water partition coefficient (Wildman–Crippen LogP) is 3.84. The topological polar surface area (TPSA) is 55.1 Å². The normalized spacial score (nSPS) is 15.5. The van der Waals surface area contributed by atoms with Crippen molar-refractivity contribution in [3.8, 4) is 0 Å². The van der Waals surface area contributed by atoms with E-state index in [4.69, 9.17) is 5.73 Å². The van der Waals surface area contributed by atoms with Gasteiger partial charge in [0.25, 0.3) is 0 Å². The minimum absolute atomic E-state index is 0.103. The average molecular weight is 349 g/mol. The number of anilines is 2. The molecule has 0 unspecified atom stereocenters. The van der Waals surface area contributed by atoms with Crippen LogP contribution in [0.2, 0.25) is 0 Å². The van der Waals surface area contributed by atoms with E-state index in [-0.39, 0.29) is 5.91 Å². The summed E-state index contributed by atoms with van der Waals surface area (Å²) >= 11 is 3.09. The lowest BCUT2D eigenvalue weighted by atomic mass is 9.94. The number of halogens is 2. The molecule has 3 N–H and O–H groups in total. The van der Waals surface area contributed by atoms with Crippen LogP contribution in [0.4, 0.5) is 15.8 Å². The standard InChI is InChI=1S/C16H14BrFN2O/c17-13-6-5-12(9-14(13)18)20-15(21)16(7-8-16)10-1-3-11(19)4-2-10/h1-6,9H,7-8,19H2,(H,20,21). The molecular formula is C16H14BrFN2O. The van der Waals surface area contributed by atoms with E-state index in [1.807, 2.05) is 12.1 Å². The molecule has 2 aromatic carbocycles. The first-order valence-electron chi connectivity index (χ1n) is 6.64. The van der Waals surface area contributed by atoms with Gasteiger partial charge in [-0.15, -0.1) is 0 Å². The molecule has 1 aliphatic rings. The van der Waals surface area contributed by atoms with Gasteiger partial charge in [0.1, 0.15) is 5.82 Å². The maximum atomic E-state index is 13.5. The van der Waals surface area contributed by atoms with Crippen LogP contribution in [-0.4, -0.2) is 5.91 Å². The molecule has 2 aromatic rings. The largest absolute Gasteiger partial charge is 0.399 e. The first-order valence-corrected chi connectivity index (χ1v) is 7.43. The van der Waals surface area contributed by atoms with Crippen molar-refractivity contribution in [2.24, 2.45) is 0 Å². The van der Waals surface area contributed by atoms with E-state index in [1.54, 1.807) is 24.3 Å². The van der Waals surface area contributed by atoms with Crippen LogP contribution in [0.15, 0.2) is 46.9 Å². The van der Waals surface area contributed by atoms with Crippen LogP contribution in [0.1, 0.15) is 18.4 Å². The van der Waals surface area contributed by atoms with Crippen molar-refractivity contribution < 1.29 is 9.18 Å². The number of hydrogen-bond acceptors (Lipinski definition) is 2. The molecule has 1 fully saturated rings. The minimum Gasteiger partial charge on any atom is -0.399 e. The first kappa shape index (κ1) is 14.1. The molecule has 0 heterocycles. The third-order valence-corrected chi connectivity index (χ3v) is 4.47. The monoisotopic (exact) mass is 348 g/mol. The molecule has 1 amide bonds. The Balaban J connectivity index is 1.81. The molecule has 0 spiro atoms. The SMILES string of the molecule is Nc1ccc(C2(C(=O)Nc3ccc(Br)c(F)c3)CC2)cc1. The second-order valence-corrected chi connectivity index (χ2v) is 6.14. The summed E-state index contributed by atoms with van der Waals surface area (Å²) in [5.74, 6) is -0.501. The molecule has 1 saturated carbocycles. The van der Waals surface area contributed by atoms with Gasteiger partial charge in [-0.25, -0.2) is 4.39 Å². The van der Waals surface area contributed by atoms with Crippen molar-refractivity contribution in [3.63, 3.8) is 0 Å². The van der Waals surface area contributed by atoms with Gasteiger partial charge in [-0.1, -0.05) is 12.1 Å². The summed E-state index contributed by atoms with van der Waals surface area (Å²) in [6.07, 6.45) is 1.59. The summed E-state index contributed by atoms with van der Waals surface area (Å²) in [7, 11) is 0. The number of carbonyl (C=O) groups excluding carboxylic acids is 1. The maximum Gasteiger partial charge on any atom is 0.235 e. The summed E-state index contributed by atoms with van der Waals surface area (Å²) in [6.45, 7) is 0. The smallest absolute Gasteiger partial charge is 0.235 e. The van der Waals surface area contributed by atoms with Crippen molar-refractivity contribution in [2.45, 2.75) is 18.3 Å². The average Bonchev–Trinajstić information content (AvgIpc) is 3.25. The fourth-order valence-corrected chi connectivity index (χ4v) is 2.65. The highest BCUT2D eigenvalue weighted by molar-refractivity contribution is 9.10. The van der Waals surface area contributed by atoms with Crippen LogP contribution in [0.25, 0.3) is 0 Å². The number of hydrogen-bond donors (Lipinski definition) is 2. The summed E-state index contributed by atoms with van der Waals surface area (Å²) in [4.78, 5) is 12.5. The molecule has 0 aliphatic heterocycles.